The van der Waals surface area contributed by atoms with Crippen LogP contribution in [-0.2, 0) is 4.74 Å². The van der Waals surface area contributed by atoms with E-state index in [-0.39, 0.29) is 23.0 Å². The third-order valence-electron chi connectivity index (χ3n) is 6.94. The lowest BCUT2D eigenvalue weighted by molar-refractivity contribution is 0.0637. The summed E-state index contributed by atoms with van der Waals surface area (Å²) in [6, 6.07) is 8.36. The molecule has 0 aliphatic carbocycles. The number of carbonyl (C=O) groups excluding carboxylic acids is 1. The van der Waals surface area contributed by atoms with E-state index in [0.717, 1.165) is 22.4 Å². The molecule has 1 amide bonds. The molecule has 0 fully saturated rings. The summed E-state index contributed by atoms with van der Waals surface area (Å²) >= 11 is 0. The van der Waals surface area contributed by atoms with Crippen molar-refractivity contribution in [2.45, 2.75) is 25.5 Å². The van der Waals surface area contributed by atoms with Gasteiger partial charge in [0.15, 0.2) is 0 Å². The molecule has 8 nitrogen and oxygen atoms in total. The fraction of sp³-hybridized carbons (Fsp3) is 0.269. The van der Waals surface area contributed by atoms with Crippen molar-refractivity contribution in [3.8, 4) is 5.75 Å². The first-order valence-corrected chi connectivity index (χ1v) is 11.3. The number of amides is 1. The normalized spacial score (nSPS) is 18.5. The first kappa shape index (κ1) is 21.5. The van der Waals surface area contributed by atoms with E-state index in [4.69, 9.17) is 15.2 Å². The number of carbonyl (C=O) groups is 1. The van der Waals surface area contributed by atoms with E-state index in [2.05, 4.69) is 16.0 Å². The van der Waals surface area contributed by atoms with Crippen molar-refractivity contribution < 1.29 is 18.7 Å². The van der Waals surface area contributed by atoms with E-state index in [0.29, 0.717) is 29.8 Å². The molecule has 0 unspecified atom stereocenters. The number of rotatable bonds is 3. The molecule has 2 aliphatic heterocycles. The monoisotopic (exact) mass is 473 g/mol. The van der Waals surface area contributed by atoms with E-state index in [1.807, 2.05) is 32.0 Å². The van der Waals surface area contributed by atoms with Gasteiger partial charge >= 0.3 is 0 Å². The Hall–Kier alpha value is -3.98. The molecule has 2 aromatic heterocycles. The number of fused-ring (bicyclic) bond motifs is 4. The second-order valence-corrected chi connectivity index (χ2v) is 9.40. The van der Waals surface area contributed by atoms with Crippen LogP contribution in [0.15, 0.2) is 48.9 Å². The molecular formula is C26H24FN5O3. The maximum absolute atomic E-state index is 15.1. The van der Waals surface area contributed by atoms with Crippen LogP contribution in [0, 0.1) is 5.82 Å². The molecule has 0 spiro atoms. The molecule has 0 bridgehead atoms. The fourth-order valence-electron chi connectivity index (χ4n) is 5.00. The summed E-state index contributed by atoms with van der Waals surface area (Å²) in [7, 11) is 1.66. The van der Waals surface area contributed by atoms with E-state index >= 15 is 4.39 Å². The molecule has 9 heteroatoms. The predicted molar refractivity (Wildman–Crippen MR) is 130 cm³/mol. The van der Waals surface area contributed by atoms with Gasteiger partial charge in [0, 0.05) is 18.7 Å². The molecule has 0 radical (unpaired) electrons. The second-order valence-electron chi connectivity index (χ2n) is 9.40. The molecule has 1 atom stereocenters. The summed E-state index contributed by atoms with van der Waals surface area (Å²) in [4.78, 5) is 23.3. The van der Waals surface area contributed by atoms with Gasteiger partial charge in [-0.15, -0.1) is 0 Å². The van der Waals surface area contributed by atoms with Crippen LogP contribution >= 0.6 is 0 Å². The Bertz CT molecular complexity index is 1560. The van der Waals surface area contributed by atoms with Crippen molar-refractivity contribution in [3.05, 3.63) is 71.4 Å². The van der Waals surface area contributed by atoms with Crippen LogP contribution in [0.3, 0.4) is 0 Å². The summed E-state index contributed by atoms with van der Waals surface area (Å²) in [6.45, 7) is 4.94. The largest absolute Gasteiger partial charge is 0.491 e. The van der Waals surface area contributed by atoms with E-state index < -0.39 is 11.7 Å². The Labute approximate surface area is 200 Å². The van der Waals surface area contributed by atoms with Gasteiger partial charge in [-0.2, -0.15) is 0 Å². The minimum absolute atomic E-state index is 0.0540. The van der Waals surface area contributed by atoms with Crippen LogP contribution in [0.1, 0.15) is 41.4 Å². The van der Waals surface area contributed by atoms with Crippen LogP contribution in [0.2, 0.25) is 0 Å². The van der Waals surface area contributed by atoms with Crippen LogP contribution in [0.25, 0.3) is 22.1 Å². The molecule has 2 N–H and O–H groups in total. The topological polar surface area (TPSA) is 95.0 Å². The van der Waals surface area contributed by atoms with Gasteiger partial charge in [0.25, 0.3) is 5.91 Å². The summed E-state index contributed by atoms with van der Waals surface area (Å²) < 4.78 is 28.5. The number of halogens is 1. The molecule has 4 heterocycles. The first-order valence-electron chi connectivity index (χ1n) is 11.3. The molecule has 35 heavy (non-hydrogen) atoms. The van der Waals surface area contributed by atoms with Crippen LogP contribution in [0.4, 0.5) is 10.2 Å². The molecular weight excluding hydrogens is 449 g/mol. The number of nitrogens with two attached hydrogens (primary N) is 1. The number of anilines is 1. The highest BCUT2D eigenvalue weighted by Gasteiger charge is 2.34. The highest BCUT2D eigenvalue weighted by Crippen LogP contribution is 2.41. The highest BCUT2D eigenvalue weighted by molar-refractivity contribution is 5.98. The average Bonchev–Trinajstić information content (AvgIpc) is 3.55. The molecule has 6 rings (SSSR count). The van der Waals surface area contributed by atoms with Crippen molar-refractivity contribution in [2.75, 3.05) is 26.0 Å². The maximum atomic E-state index is 15.1. The first-order chi connectivity index (χ1) is 16.7. The van der Waals surface area contributed by atoms with Gasteiger partial charge in [-0.25, -0.2) is 14.4 Å². The fourth-order valence-corrected chi connectivity index (χ4v) is 5.00. The molecule has 4 aromatic rings. The SMILES string of the molecule is CN(C(=O)c1cc2c(cc1F)nc(N)c1cncn12)[C@@H]1COc2cc(C3=CCOC3(C)C)ccc21. The number of benzene rings is 2. The third kappa shape index (κ3) is 3.26. The standard InChI is InChI=1S/C26H24FN5O3/c1-26(2)17(6-7-35-26)14-4-5-15-22(12-34-23(15)8-14)31(3)25(33)16-9-20-19(10-18(16)27)30-24(28)21-11-29-13-32(20)21/h4-6,8-11,13,22H,7,12H2,1-3H3,(H2,28,30)/t22-/m1/s1. The quantitative estimate of drug-likeness (QED) is 0.483. The van der Waals surface area contributed by atoms with Gasteiger partial charge in [0.2, 0.25) is 0 Å². The lowest BCUT2D eigenvalue weighted by atomic mass is 9.91. The maximum Gasteiger partial charge on any atom is 0.257 e. The van der Waals surface area contributed by atoms with E-state index in [1.165, 1.54) is 17.0 Å². The number of hydrogen-bond acceptors (Lipinski definition) is 6. The summed E-state index contributed by atoms with van der Waals surface area (Å²) in [5, 5.41) is 0. The highest BCUT2D eigenvalue weighted by atomic mass is 19.1. The van der Waals surface area contributed by atoms with Crippen molar-refractivity contribution in [1.82, 2.24) is 19.3 Å². The van der Waals surface area contributed by atoms with Gasteiger partial charge in [-0.3, -0.25) is 9.20 Å². The molecule has 0 saturated carbocycles. The van der Waals surface area contributed by atoms with Crippen molar-refractivity contribution >= 4 is 33.8 Å². The van der Waals surface area contributed by atoms with E-state index in [9.17, 15) is 4.79 Å². The van der Waals surface area contributed by atoms with Gasteiger partial charge in [0.05, 0.1) is 47.4 Å². The van der Waals surface area contributed by atoms with Gasteiger partial charge in [-0.05, 0) is 37.1 Å². The zero-order valence-electron chi connectivity index (χ0n) is 19.6. The smallest absolute Gasteiger partial charge is 0.257 e. The van der Waals surface area contributed by atoms with E-state index in [1.54, 1.807) is 24.0 Å². The van der Waals surface area contributed by atoms with Crippen molar-refractivity contribution in [2.24, 2.45) is 0 Å². The van der Waals surface area contributed by atoms with Crippen molar-refractivity contribution in [1.29, 1.82) is 0 Å². The number of nitrogens with zero attached hydrogens (tertiary/aromatic N) is 4. The summed E-state index contributed by atoms with van der Waals surface area (Å²) in [5.74, 6) is -0.152. The number of hydrogen-bond donors (Lipinski definition) is 1. The lowest BCUT2D eigenvalue weighted by Gasteiger charge is -2.25. The van der Waals surface area contributed by atoms with Gasteiger partial charge in [-0.1, -0.05) is 18.2 Å². The Morgan fingerprint density at radius 2 is 2.09 bits per heavy atom. The Morgan fingerprint density at radius 3 is 2.86 bits per heavy atom. The van der Waals surface area contributed by atoms with Crippen LogP contribution in [-0.4, -0.2) is 51.0 Å². The number of nitrogen functional groups attached to an aromatic ring is 1. The minimum atomic E-state index is -0.661. The Balaban J connectivity index is 1.34. The molecule has 2 aliphatic rings. The Kier molecular flexibility index (Phi) is 4.62. The second kappa shape index (κ2) is 7.51. The lowest BCUT2D eigenvalue weighted by Crippen LogP contribution is -2.32. The zero-order chi connectivity index (χ0) is 24.5. The van der Waals surface area contributed by atoms with Crippen molar-refractivity contribution in [3.63, 3.8) is 0 Å². The van der Waals surface area contributed by atoms with Crippen LogP contribution < -0.4 is 10.5 Å². The minimum Gasteiger partial charge on any atom is -0.491 e. The Morgan fingerprint density at radius 1 is 1.26 bits per heavy atom. The number of likely N-dealkylation sites (N-methyl/N-ethyl adjacent to an activating group) is 1. The molecule has 178 valence electrons. The average molecular weight is 474 g/mol. The third-order valence-corrected chi connectivity index (χ3v) is 6.94. The number of imidazole rings is 1. The predicted octanol–water partition coefficient (Wildman–Crippen LogP) is 4.00. The summed E-state index contributed by atoms with van der Waals surface area (Å²) in [5.41, 5.74) is 10.0. The van der Waals surface area contributed by atoms with Gasteiger partial charge in [0.1, 0.15) is 29.5 Å². The van der Waals surface area contributed by atoms with Gasteiger partial charge < -0.3 is 20.1 Å². The molecule has 0 saturated heterocycles. The summed E-state index contributed by atoms with van der Waals surface area (Å²) in [6.07, 6.45) is 5.22. The zero-order valence-corrected chi connectivity index (χ0v) is 19.6. The number of aromatic nitrogens is 3. The van der Waals surface area contributed by atoms with Crippen LogP contribution in [0.5, 0.6) is 5.75 Å². The number of ether oxygens (including phenoxy) is 2. The molecule has 2 aromatic carbocycles.